The van der Waals surface area contributed by atoms with Gasteiger partial charge in [-0.05, 0) is 18.1 Å². The summed E-state index contributed by atoms with van der Waals surface area (Å²) in [7, 11) is 0. The molecule has 1 aromatic rings. The molecule has 1 unspecified atom stereocenters. The van der Waals surface area contributed by atoms with Crippen LogP contribution in [0.2, 0.25) is 10.0 Å². The van der Waals surface area contributed by atoms with Crippen molar-refractivity contribution in [3.05, 3.63) is 26.7 Å². The summed E-state index contributed by atoms with van der Waals surface area (Å²) in [5.74, 6) is -1.36. The number of benzene rings is 1. The first-order valence-corrected chi connectivity index (χ1v) is 7.22. The molecular formula is C12H13BrCl2N2O3. The number of carbonyl (C=O) groups is 2. The molecule has 20 heavy (non-hydrogen) atoms. The van der Waals surface area contributed by atoms with Gasteiger partial charge in [-0.1, -0.05) is 53.0 Å². The van der Waals surface area contributed by atoms with Gasteiger partial charge in [0.2, 0.25) is 0 Å². The molecule has 8 heteroatoms. The Morgan fingerprint density at radius 2 is 1.75 bits per heavy atom. The van der Waals surface area contributed by atoms with Gasteiger partial charge in [-0.25, -0.2) is 9.59 Å². The maximum Gasteiger partial charge on any atom is 0.326 e. The van der Waals surface area contributed by atoms with Crippen LogP contribution in [-0.2, 0) is 4.79 Å². The van der Waals surface area contributed by atoms with Gasteiger partial charge in [0.15, 0.2) is 0 Å². The molecular weight excluding hydrogens is 371 g/mol. The van der Waals surface area contributed by atoms with E-state index in [2.05, 4.69) is 26.6 Å². The van der Waals surface area contributed by atoms with Crippen LogP contribution in [0.3, 0.4) is 0 Å². The van der Waals surface area contributed by atoms with Crippen LogP contribution in [0.1, 0.15) is 13.8 Å². The number of carbonyl (C=O) groups excluding carboxylic acids is 1. The van der Waals surface area contributed by atoms with E-state index in [0.29, 0.717) is 4.47 Å². The lowest BCUT2D eigenvalue weighted by atomic mass is 10.1. The third kappa shape index (κ3) is 4.54. The molecule has 1 atom stereocenters. The molecule has 0 aliphatic carbocycles. The van der Waals surface area contributed by atoms with E-state index < -0.39 is 18.0 Å². The van der Waals surface area contributed by atoms with Gasteiger partial charge < -0.3 is 15.7 Å². The number of carboxylic acid groups (broad SMARTS) is 1. The Labute approximate surface area is 134 Å². The number of hydrogen-bond acceptors (Lipinski definition) is 2. The van der Waals surface area contributed by atoms with Crippen LogP contribution in [0.25, 0.3) is 0 Å². The zero-order chi connectivity index (χ0) is 15.4. The van der Waals surface area contributed by atoms with E-state index in [1.165, 1.54) is 0 Å². The minimum absolute atomic E-state index is 0.224. The van der Waals surface area contributed by atoms with E-state index in [1.54, 1.807) is 26.0 Å². The van der Waals surface area contributed by atoms with E-state index in [0.717, 1.165) is 0 Å². The van der Waals surface area contributed by atoms with E-state index in [4.69, 9.17) is 28.3 Å². The van der Waals surface area contributed by atoms with Gasteiger partial charge in [-0.15, -0.1) is 0 Å². The zero-order valence-corrected chi connectivity index (χ0v) is 13.8. The van der Waals surface area contributed by atoms with Crippen LogP contribution in [0.5, 0.6) is 0 Å². The van der Waals surface area contributed by atoms with Crippen molar-refractivity contribution in [2.45, 2.75) is 19.9 Å². The Morgan fingerprint density at radius 1 is 1.25 bits per heavy atom. The van der Waals surface area contributed by atoms with Crippen molar-refractivity contribution in [1.82, 2.24) is 5.32 Å². The van der Waals surface area contributed by atoms with Crippen LogP contribution in [0.15, 0.2) is 16.6 Å². The SMILES string of the molecule is CC(C)C(NC(=O)Nc1c(Cl)cc(Br)cc1Cl)C(=O)O. The maximum absolute atomic E-state index is 11.8. The summed E-state index contributed by atoms with van der Waals surface area (Å²) in [6.07, 6.45) is 0. The third-order valence-electron chi connectivity index (χ3n) is 2.46. The largest absolute Gasteiger partial charge is 0.480 e. The molecule has 0 aliphatic heterocycles. The average molecular weight is 384 g/mol. The lowest BCUT2D eigenvalue weighted by Gasteiger charge is -2.19. The summed E-state index contributed by atoms with van der Waals surface area (Å²) in [5, 5.41) is 14.3. The van der Waals surface area contributed by atoms with Gasteiger partial charge in [0.05, 0.1) is 15.7 Å². The van der Waals surface area contributed by atoms with Crippen LogP contribution in [0, 0.1) is 5.92 Å². The van der Waals surface area contributed by atoms with Crippen molar-refractivity contribution in [3.8, 4) is 0 Å². The van der Waals surface area contributed by atoms with Crippen molar-refractivity contribution in [1.29, 1.82) is 0 Å². The minimum Gasteiger partial charge on any atom is -0.480 e. The molecule has 2 amide bonds. The number of rotatable bonds is 4. The maximum atomic E-state index is 11.8. The fourth-order valence-electron chi connectivity index (χ4n) is 1.47. The first-order chi connectivity index (χ1) is 9.22. The summed E-state index contributed by atoms with van der Waals surface area (Å²) in [5.41, 5.74) is 0.224. The van der Waals surface area contributed by atoms with Gasteiger partial charge in [-0.2, -0.15) is 0 Å². The Hall–Kier alpha value is -0.980. The number of carboxylic acids is 1. The summed E-state index contributed by atoms with van der Waals surface area (Å²) >= 11 is 15.2. The lowest BCUT2D eigenvalue weighted by molar-refractivity contribution is -0.140. The lowest BCUT2D eigenvalue weighted by Crippen LogP contribution is -2.46. The quantitative estimate of drug-likeness (QED) is 0.735. The Bertz CT molecular complexity index is 514. The molecule has 1 rings (SSSR count). The van der Waals surface area contributed by atoms with Gasteiger partial charge in [0, 0.05) is 4.47 Å². The molecule has 1 aromatic carbocycles. The highest BCUT2D eigenvalue weighted by molar-refractivity contribution is 9.10. The Kier molecular flexibility index (Phi) is 6.10. The molecule has 0 bridgehead atoms. The topological polar surface area (TPSA) is 78.4 Å². The predicted octanol–water partition coefficient (Wildman–Crippen LogP) is 3.99. The van der Waals surface area contributed by atoms with Gasteiger partial charge in [-0.3, -0.25) is 0 Å². The Morgan fingerprint density at radius 3 is 2.15 bits per heavy atom. The smallest absolute Gasteiger partial charge is 0.326 e. The average Bonchev–Trinajstić information content (AvgIpc) is 2.29. The fraction of sp³-hybridized carbons (Fsp3) is 0.333. The van der Waals surface area contributed by atoms with Gasteiger partial charge in [0.1, 0.15) is 6.04 Å². The number of nitrogens with one attached hydrogen (secondary N) is 2. The van der Waals surface area contributed by atoms with Gasteiger partial charge in [0.25, 0.3) is 0 Å². The molecule has 110 valence electrons. The highest BCUT2D eigenvalue weighted by Crippen LogP contribution is 2.33. The number of aliphatic carboxylic acids is 1. The van der Waals surface area contributed by atoms with Crippen molar-refractivity contribution in [2.24, 2.45) is 5.92 Å². The minimum atomic E-state index is -1.11. The van der Waals surface area contributed by atoms with Gasteiger partial charge >= 0.3 is 12.0 Å². The standard InChI is InChI=1S/C12H13BrCl2N2O3/c1-5(2)9(11(18)19)16-12(20)17-10-7(14)3-6(13)4-8(10)15/h3-5,9H,1-2H3,(H,18,19)(H2,16,17,20). The molecule has 0 aliphatic rings. The predicted molar refractivity (Wildman–Crippen MR) is 82.6 cm³/mol. The fourth-order valence-corrected chi connectivity index (χ4v) is 2.77. The summed E-state index contributed by atoms with van der Waals surface area (Å²) in [4.78, 5) is 22.8. The number of halogens is 3. The van der Waals surface area contributed by atoms with Crippen LogP contribution >= 0.6 is 39.1 Å². The van der Waals surface area contributed by atoms with Crippen molar-refractivity contribution in [3.63, 3.8) is 0 Å². The first kappa shape index (κ1) is 17.1. The molecule has 5 nitrogen and oxygen atoms in total. The molecule has 0 heterocycles. The summed E-state index contributed by atoms with van der Waals surface area (Å²) < 4.78 is 0.670. The van der Waals surface area contributed by atoms with Crippen molar-refractivity contribution < 1.29 is 14.7 Å². The monoisotopic (exact) mass is 382 g/mol. The third-order valence-corrected chi connectivity index (χ3v) is 3.52. The second-order valence-corrected chi connectivity index (χ2v) is 6.13. The molecule has 0 saturated carbocycles. The van der Waals surface area contributed by atoms with Crippen LogP contribution in [0.4, 0.5) is 10.5 Å². The van der Waals surface area contributed by atoms with E-state index in [1.807, 2.05) is 0 Å². The molecule has 0 saturated heterocycles. The molecule has 0 spiro atoms. The number of anilines is 1. The summed E-state index contributed by atoms with van der Waals surface area (Å²) in [6, 6.07) is 1.46. The van der Waals surface area contributed by atoms with Crippen molar-refractivity contribution in [2.75, 3.05) is 5.32 Å². The van der Waals surface area contributed by atoms with E-state index in [9.17, 15) is 9.59 Å². The highest BCUT2D eigenvalue weighted by atomic mass is 79.9. The molecule has 0 aromatic heterocycles. The van der Waals surface area contributed by atoms with Crippen LogP contribution in [-0.4, -0.2) is 23.1 Å². The van der Waals surface area contributed by atoms with E-state index >= 15 is 0 Å². The Balaban J connectivity index is 2.84. The molecule has 0 radical (unpaired) electrons. The second kappa shape index (κ2) is 7.15. The normalized spacial score (nSPS) is 12.1. The molecule has 3 N–H and O–H groups in total. The number of hydrogen-bond donors (Lipinski definition) is 3. The van der Waals surface area contributed by atoms with E-state index in [-0.39, 0.29) is 21.7 Å². The van der Waals surface area contributed by atoms with Crippen LogP contribution < -0.4 is 10.6 Å². The molecule has 0 fully saturated rings. The second-order valence-electron chi connectivity index (χ2n) is 4.40. The summed E-state index contributed by atoms with van der Waals surface area (Å²) in [6.45, 7) is 3.39. The highest BCUT2D eigenvalue weighted by Gasteiger charge is 2.24. The first-order valence-electron chi connectivity index (χ1n) is 5.67. The van der Waals surface area contributed by atoms with Crippen molar-refractivity contribution >= 4 is 56.8 Å². The number of urea groups is 1. The zero-order valence-electron chi connectivity index (χ0n) is 10.7. The number of amides is 2.